The summed E-state index contributed by atoms with van der Waals surface area (Å²) in [5.74, 6) is 0.115. The lowest BCUT2D eigenvalue weighted by atomic mass is 10.1. The van der Waals surface area contributed by atoms with E-state index in [0.717, 1.165) is 33.2 Å². The van der Waals surface area contributed by atoms with Crippen molar-refractivity contribution in [1.29, 1.82) is 0 Å². The molecule has 0 radical (unpaired) electrons. The van der Waals surface area contributed by atoms with E-state index >= 15 is 0 Å². The number of rotatable bonds is 1. The van der Waals surface area contributed by atoms with Gasteiger partial charge >= 0.3 is 0 Å². The summed E-state index contributed by atoms with van der Waals surface area (Å²) >= 11 is 5.67. The minimum absolute atomic E-state index is 0.115. The Bertz CT molecular complexity index is 439. The maximum absolute atomic E-state index is 12.4. The van der Waals surface area contributed by atoms with Crippen LogP contribution in [-0.4, -0.2) is 36.5 Å². The number of nitrogens with zero attached hydrogens (tertiary/aromatic N) is 1. The van der Waals surface area contributed by atoms with Crippen LogP contribution in [-0.2, 0) is 0 Å². The summed E-state index contributed by atoms with van der Waals surface area (Å²) in [6.07, 6.45) is 0. The van der Waals surface area contributed by atoms with Crippen LogP contribution >= 0.6 is 38.5 Å². The van der Waals surface area contributed by atoms with E-state index in [9.17, 15) is 4.79 Å². The summed E-state index contributed by atoms with van der Waals surface area (Å²) in [5.41, 5.74) is 0.756. The van der Waals surface area contributed by atoms with Gasteiger partial charge in [0.2, 0.25) is 0 Å². The van der Waals surface area contributed by atoms with Crippen LogP contribution in [0.3, 0.4) is 0 Å². The second kappa shape index (κ2) is 5.67. The fraction of sp³-hybridized carbons (Fsp3) is 0.417. The van der Waals surface area contributed by atoms with Gasteiger partial charge < -0.3 is 10.2 Å². The van der Waals surface area contributed by atoms with Crippen molar-refractivity contribution >= 4 is 44.4 Å². The molecule has 0 aromatic heterocycles. The van der Waals surface area contributed by atoms with E-state index in [1.165, 1.54) is 0 Å². The number of benzene rings is 1. The number of piperazine rings is 1. The predicted octanol–water partition coefficient (Wildman–Crippen LogP) is 2.49. The molecule has 1 N–H and O–H groups in total. The molecule has 5 heteroatoms. The highest BCUT2D eigenvalue weighted by molar-refractivity contribution is 14.1. The molecule has 0 spiro atoms. The first-order valence-corrected chi connectivity index (χ1v) is 7.43. The molecule has 3 nitrogen and oxygen atoms in total. The summed E-state index contributed by atoms with van der Waals surface area (Å²) < 4.78 is 1.95. The molecule has 92 valence electrons. The molecule has 1 aliphatic heterocycles. The van der Waals surface area contributed by atoms with Gasteiger partial charge in [-0.25, -0.2) is 0 Å². The standard InChI is InChI=1S/C12H14BrIN2O/c1-8-7-16(5-4-15-8)12(17)10-6-9(14)2-3-11(10)13/h2-3,6,8,15H,4-5,7H2,1H3/t8-/m0/s1. The number of nitrogens with one attached hydrogen (secondary N) is 1. The highest BCUT2D eigenvalue weighted by Crippen LogP contribution is 2.21. The fourth-order valence-electron chi connectivity index (χ4n) is 1.95. The Balaban J connectivity index is 2.21. The maximum Gasteiger partial charge on any atom is 0.255 e. The molecule has 17 heavy (non-hydrogen) atoms. The van der Waals surface area contributed by atoms with E-state index in [2.05, 4.69) is 50.8 Å². The van der Waals surface area contributed by atoms with Gasteiger partial charge in [-0.05, 0) is 63.6 Å². The van der Waals surface area contributed by atoms with E-state index in [4.69, 9.17) is 0 Å². The Kier molecular flexibility index (Phi) is 4.43. The van der Waals surface area contributed by atoms with Gasteiger partial charge in [0, 0.05) is 33.7 Å². The van der Waals surface area contributed by atoms with Gasteiger partial charge in [0.1, 0.15) is 0 Å². The van der Waals surface area contributed by atoms with Crippen molar-refractivity contribution in [3.63, 3.8) is 0 Å². The molecule has 1 aliphatic rings. The van der Waals surface area contributed by atoms with Crippen molar-refractivity contribution in [3.8, 4) is 0 Å². The zero-order chi connectivity index (χ0) is 12.4. The van der Waals surface area contributed by atoms with Gasteiger partial charge in [-0.1, -0.05) is 0 Å². The molecule has 1 aromatic carbocycles. The van der Waals surface area contributed by atoms with Crippen LogP contribution in [0.5, 0.6) is 0 Å². The van der Waals surface area contributed by atoms with Gasteiger partial charge in [-0.15, -0.1) is 0 Å². The van der Waals surface area contributed by atoms with Gasteiger partial charge in [0.15, 0.2) is 0 Å². The molecule has 0 unspecified atom stereocenters. The Morgan fingerprint density at radius 1 is 1.59 bits per heavy atom. The van der Waals surface area contributed by atoms with Crippen molar-refractivity contribution in [2.75, 3.05) is 19.6 Å². The van der Waals surface area contributed by atoms with Crippen LogP contribution in [0.15, 0.2) is 22.7 Å². The quantitative estimate of drug-likeness (QED) is 0.724. The van der Waals surface area contributed by atoms with Gasteiger partial charge in [-0.3, -0.25) is 4.79 Å². The lowest BCUT2D eigenvalue weighted by Crippen LogP contribution is -2.51. The third-order valence-electron chi connectivity index (χ3n) is 2.81. The summed E-state index contributed by atoms with van der Waals surface area (Å²) in [5, 5.41) is 3.34. The summed E-state index contributed by atoms with van der Waals surface area (Å²) in [7, 11) is 0. The molecule has 1 fully saturated rings. The topological polar surface area (TPSA) is 32.3 Å². The van der Waals surface area contributed by atoms with Gasteiger partial charge in [0.05, 0.1) is 5.56 Å². The smallest absolute Gasteiger partial charge is 0.255 e. The molecule has 1 amide bonds. The number of carbonyl (C=O) groups excluding carboxylic acids is 1. The molecule has 1 heterocycles. The van der Waals surface area contributed by atoms with Crippen molar-refractivity contribution in [2.24, 2.45) is 0 Å². The minimum Gasteiger partial charge on any atom is -0.336 e. The molecule has 1 aromatic rings. The van der Waals surface area contributed by atoms with Crippen molar-refractivity contribution in [3.05, 3.63) is 31.8 Å². The molecule has 0 aliphatic carbocycles. The third kappa shape index (κ3) is 3.20. The SMILES string of the molecule is C[C@H]1CN(C(=O)c2cc(I)ccc2Br)CCN1. The number of hydrogen-bond donors (Lipinski definition) is 1. The summed E-state index contributed by atoms with van der Waals surface area (Å²) in [6.45, 7) is 4.52. The monoisotopic (exact) mass is 408 g/mol. The minimum atomic E-state index is 0.115. The largest absolute Gasteiger partial charge is 0.336 e. The highest BCUT2D eigenvalue weighted by Gasteiger charge is 2.23. The number of halogens is 2. The van der Waals surface area contributed by atoms with Crippen LogP contribution in [0.2, 0.25) is 0 Å². The zero-order valence-electron chi connectivity index (χ0n) is 9.54. The van der Waals surface area contributed by atoms with Crippen molar-refractivity contribution < 1.29 is 4.79 Å². The molecular formula is C12H14BrIN2O. The predicted molar refractivity (Wildman–Crippen MR) is 80.2 cm³/mol. The van der Waals surface area contributed by atoms with Crippen LogP contribution < -0.4 is 5.32 Å². The van der Waals surface area contributed by atoms with E-state index in [1.54, 1.807) is 0 Å². The average molecular weight is 409 g/mol. The molecule has 0 bridgehead atoms. The lowest BCUT2D eigenvalue weighted by Gasteiger charge is -2.32. The Morgan fingerprint density at radius 3 is 3.06 bits per heavy atom. The van der Waals surface area contributed by atoms with Crippen LogP contribution in [0.1, 0.15) is 17.3 Å². The van der Waals surface area contributed by atoms with E-state index in [1.807, 2.05) is 23.1 Å². The van der Waals surface area contributed by atoms with Crippen LogP contribution in [0, 0.1) is 3.57 Å². The second-order valence-corrected chi connectivity index (χ2v) is 6.33. The summed E-state index contributed by atoms with van der Waals surface area (Å²) in [6, 6.07) is 6.22. The number of carbonyl (C=O) groups is 1. The van der Waals surface area contributed by atoms with E-state index < -0.39 is 0 Å². The third-order valence-corrected chi connectivity index (χ3v) is 4.18. The van der Waals surface area contributed by atoms with Gasteiger partial charge in [0.25, 0.3) is 5.91 Å². The van der Waals surface area contributed by atoms with Gasteiger partial charge in [-0.2, -0.15) is 0 Å². The number of hydrogen-bond acceptors (Lipinski definition) is 2. The first-order chi connectivity index (χ1) is 8.08. The van der Waals surface area contributed by atoms with E-state index in [-0.39, 0.29) is 5.91 Å². The fourth-order valence-corrected chi connectivity index (χ4v) is 2.86. The average Bonchev–Trinajstić information content (AvgIpc) is 2.31. The highest BCUT2D eigenvalue weighted by atomic mass is 127. The lowest BCUT2D eigenvalue weighted by molar-refractivity contribution is 0.0708. The Morgan fingerprint density at radius 2 is 2.35 bits per heavy atom. The first kappa shape index (κ1) is 13.3. The molecule has 2 rings (SSSR count). The Hall–Kier alpha value is -0.140. The summed E-state index contributed by atoms with van der Waals surface area (Å²) in [4.78, 5) is 14.3. The molecule has 0 saturated carbocycles. The first-order valence-electron chi connectivity index (χ1n) is 5.55. The molecular weight excluding hydrogens is 395 g/mol. The zero-order valence-corrected chi connectivity index (χ0v) is 13.3. The molecule has 1 saturated heterocycles. The second-order valence-electron chi connectivity index (χ2n) is 4.23. The van der Waals surface area contributed by atoms with Crippen molar-refractivity contribution in [2.45, 2.75) is 13.0 Å². The number of amides is 1. The Labute approximate surface area is 123 Å². The normalized spacial score (nSPS) is 20.4. The molecule has 1 atom stereocenters. The van der Waals surface area contributed by atoms with Crippen molar-refractivity contribution in [1.82, 2.24) is 10.2 Å². The van der Waals surface area contributed by atoms with E-state index in [0.29, 0.717) is 6.04 Å². The maximum atomic E-state index is 12.4. The van der Waals surface area contributed by atoms with Crippen LogP contribution in [0.4, 0.5) is 0 Å². The van der Waals surface area contributed by atoms with Crippen LogP contribution in [0.25, 0.3) is 0 Å².